The molecular formula is C17H29N3O. The molecule has 2 saturated heterocycles. The smallest absolute Gasteiger partial charge is 0.118 e. The van der Waals surface area contributed by atoms with E-state index in [0.29, 0.717) is 6.04 Å². The van der Waals surface area contributed by atoms with Gasteiger partial charge in [-0.25, -0.2) is 0 Å². The molecular weight excluding hydrogens is 262 g/mol. The fourth-order valence-corrected chi connectivity index (χ4v) is 3.65. The average Bonchev–Trinajstić information content (AvgIpc) is 2.96. The Hall–Kier alpha value is -0.840. The van der Waals surface area contributed by atoms with E-state index < -0.39 is 0 Å². The van der Waals surface area contributed by atoms with E-state index in [9.17, 15) is 0 Å². The zero-order chi connectivity index (χ0) is 14.8. The minimum atomic E-state index is 0.496. The summed E-state index contributed by atoms with van der Waals surface area (Å²) in [7, 11) is 2.30. The van der Waals surface area contributed by atoms with Crippen molar-refractivity contribution in [3.63, 3.8) is 0 Å². The number of likely N-dealkylation sites (N-methyl/N-ethyl adjacent to an activating group) is 1. The summed E-state index contributed by atoms with van der Waals surface area (Å²) in [5.41, 5.74) is 0. The first-order valence-electron chi connectivity index (χ1n) is 8.37. The van der Waals surface area contributed by atoms with E-state index in [1.807, 2.05) is 0 Å². The summed E-state index contributed by atoms with van der Waals surface area (Å²) >= 11 is 0. The molecule has 2 fully saturated rings. The van der Waals surface area contributed by atoms with Crippen molar-refractivity contribution in [2.45, 2.75) is 64.3 Å². The van der Waals surface area contributed by atoms with Gasteiger partial charge in [-0.15, -0.1) is 0 Å². The molecule has 2 aliphatic rings. The van der Waals surface area contributed by atoms with E-state index in [2.05, 4.69) is 48.1 Å². The molecule has 0 amide bonds. The zero-order valence-corrected chi connectivity index (χ0v) is 13.6. The second-order valence-corrected chi connectivity index (χ2v) is 6.98. The molecule has 2 unspecified atom stereocenters. The predicted molar refractivity (Wildman–Crippen MR) is 85.2 cm³/mol. The van der Waals surface area contributed by atoms with Gasteiger partial charge in [-0.2, -0.15) is 0 Å². The highest BCUT2D eigenvalue weighted by Crippen LogP contribution is 2.29. The fourth-order valence-electron chi connectivity index (χ4n) is 3.65. The van der Waals surface area contributed by atoms with E-state index in [1.165, 1.54) is 32.4 Å². The molecule has 1 aromatic heterocycles. The van der Waals surface area contributed by atoms with Gasteiger partial charge in [0.1, 0.15) is 11.5 Å². The van der Waals surface area contributed by atoms with Crippen molar-refractivity contribution in [2.75, 3.05) is 20.1 Å². The molecule has 3 heterocycles. The molecule has 0 radical (unpaired) electrons. The van der Waals surface area contributed by atoms with E-state index in [1.54, 1.807) is 0 Å². The lowest BCUT2D eigenvalue weighted by Gasteiger charge is -2.24. The van der Waals surface area contributed by atoms with Gasteiger partial charge in [0.05, 0.1) is 13.1 Å². The summed E-state index contributed by atoms with van der Waals surface area (Å²) in [6, 6.07) is 6.30. The molecule has 0 aromatic carbocycles. The van der Waals surface area contributed by atoms with Crippen LogP contribution in [0.15, 0.2) is 16.5 Å². The van der Waals surface area contributed by atoms with E-state index in [0.717, 1.165) is 36.7 Å². The molecule has 2 bridgehead atoms. The number of hydrogen-bond acceptors (Lipinski definition) is 4. The number of hydrogen-bond donors (Lipinski definition) is 1. The average molecular weight is 291 g/mol. The molecule has 3 rings (SSSR count). The van der Waals surface area contributed by atoms with Gasteiger partial charge in [0, 0.05) is 31.2 Å². The van der Waals surface area contributed by atoms with Gasteiger partial charge in [0.25, 0.3) is 0 Å². The molecule has 4 heteroatoms. The Balaban J connectivity index is 1.54. The summed E-state index contributed by atoms with van der Waals surface area (Å²) in [5, 5.41) is 3.40. The normalized spacial score (nSPS) is 27.4. The lowest BCUT2D eigenvalue weighted by Crippen LogP contribution is -2.36. The van der Waals surface area contributed by atoms with E-state index >= 15 is 0 Å². The number of likely N-dealkylation sites (tertiary alicyclic amines) is 1. The Morgan fingerprint density at radius 3 is 2.76 bits per heavy atom. The predicted octanol–water partition coefficient (Wildman–Crippen LogP) is 2.45. The van der Waals surface area contributed by atoms with Gasteiger partial charge >= 0.3 is 0 Å². The summed E-state index contributed by atoms with van der Waals surface area (Å²) in [6.45, 7) is 8.49. The van der Waals surface area contributed by atoms with E-state index in [4.69, 9.17) is 4.42 Å². The summed E-state index contributed by atoms with van der Waals surface area (Å²) in [4.78, 5) is 5.17. The molecule has 2 aliphatic heterocycles. The summed E-state index contributed by atoms with van der Waals surface area (Å²) in [6.07, 6.45) is 4.05. The number of fused-ring (bicyclic) bond motifs is 2. The Bertz CT molecular complexity index is 457. The van der Waals surface area contributed by atoms with Crippen LogP contribution in [0.5, 0.6) is 0 Å². The molecule has 0 aliphatic carbocycles. The first-order chi connectivity index (χ1) is 10.1. The fraction of sp³-hybridized carbons (Fsp3) is 0.765. The Morgan fingerprint density at radius 2 is 1.95 bits per heavy atom. The van der Waals surface area contributed by atoms with Gasteiger partial charge in [0.15, 0.2) is 0 Å². The minimum Gasteiger partial charge on any atom is -0.463 e. The molecule has 118 valence electrons. The van der Waals surface area contributed by atoms with Crippen LogP contribution in [0.1, 0.15) is 44.6 Å². The highest BCUT2D eigenvalue weighted by atomic mass is 16.3. The second-order valence-electron chi connectivity index (χ2n) is 6.98. The van der Waals surface area contributed by atoms with Crippen molar-refractivity contribution in [1.82, 2.24) is 15.1 Å². The number of furan rings is 1. The lowest BCUT2D eigenvalue weighted by atomic mass is 10.1. The maximum atomic E-state index is 5.97. The Kier molecular flexibility index (Phi) is 4.67. The van der Waals surface area contributed by atoms with E-state index in [-0.39, 0.29) is 0 Å². The van der Waals surface area contributed by atoms with Crippen molar-refractivity contribution in [1.29, 1.82) is 0 Å². The van der Waals surface area contributed by atoms with Crippen LogP contribution in [0.2, 0.25) is 0 Å². The molecule has 1 N–H and O–H groups in total. The van der Waals surface area contributed by atoms with Crippen LogP contribution < -0.4 is 5.32 Å². The van der Waals surface area contributed by atoms with Gasteiger partial charge in [-0.05, 0) is 38.4 Å². The summed E-state index contributed by atoms with van der Waals surface area (Å²) < 4.78 is 5.97. The monoisotopic (exact) mass is 291 g/mol. The van der Waals surface area contributed by atoms with Gasteiger partial charge < -0.3 is 9.73 Å². The van der Waals surface area contributed by atoms with Crippen LogP contribution in [0.25, 0.3) is 0 Å². The van der Waals surface area contributed by atoms with Crippen molar-refractivity contribution in [3.05, 3.63) is 23.7 Å². The number of nitrogens with zero attached hydrogens (tertiary/aromatic N) is 2. The van der Waals surface area contributed by atoms with Crippen LogP contribution in [-0.4, -0.2) is 48.1 Å². The third kappa shape index (κ3) is 3.68. The van der Waals surface area contributed by atoms with Gasteiger partial charge in [0.2, 0.25) is 0 Å². The maximum Gasteiger partial charge on any atom is 0.118 e. The molecule has 1 aromatic rings. The molecule has 21 heavy (non-hydrogen) atoms. The Morgan fingerprint density at radius 1 is 1.19 bits per heavy atom. The highest BCUT2D eigenvalue weighted by molar-refractivity contribution is 5.07. The standard InChI is InChI=1S/C17H29N3O/c1-13(2)18-10-16-6-7-17(21-16)12-20-9-8-14-4-5-15(11-20)19(14)3/h6-7,13-15,18H,4-5,8-12H2,1-3H3. The number of nitrogens with one attached hydrogen (secondary N) is 1. The van der Waals surface area contributed by atoms with Crippen LogP contribution in [0.3, 0.4) is 0 Å². The third-order valence-electron chi connectivity index (χ3n) is 5.01. The first kappa shape index (κ1) is 15.1. The maximum absolute atomic E-state index is 5.97. The molecule has 0 saturated carbocycles. The zero-order valence-electron chi connectivity index (χ0n) is 13.6. The lowest BCUT2D eigenvalue weighted by molar-refractivity contribution is 0.203. The molecule has 2 atom stereocenters. The van der Waals surface area contributed by atoms with Crippen molar-refractivity contribution in [2.24, 2.45) is 0 Å². The quantitative estimate of drug-likeness (QED) is 0.903. The number of rotatable bonds is 5. The second kappa shape index (κ2) is 6.51. The SMILES string of the molecule is CC(C)NCc1ccc(CN2CCC3CCC(C2)N3C)o1. The van der Waals surface area contributed by atoms with Crippen LogP contribution in [0.4, 0.5) is 0 Å². The van der Waals surface area contributed by atoms with Gasteiger partial charge in [-0.1, -0.05) is 13.8 Å². The summed E-state index contributed by atoms with van der Waals surface area (Å²) in [5.74, 6) is 2.16. The first-order valence-corrected chi connectivity index (χ1v) is 8.37. The van der Waals surface area contributed by atoms with Crippen LogP contribution >= 0.6 is 0 Å². The van der Waals surface area contributed by atoms with Crippen molar-refractivity contribution < 1.29 is 4.42 Å². The van der Waals surface area contributed by atoms with Gasteiger partial charge in [-0.3, -0.25) is 9.80 Å². The topological polar surface area (TPSA) is 31.6 Å². The molecule has 4 nitrogen and oxygen atoms in total. The highest BCUT2D eigenvalue weighted by Gasteiger charge is 2.34. The van der Waals surface area contributed by atoms with Crippen molar-refractivity contribution >= 4 is 0 Å². The minimum absolute atomic E-state index is 0.496. The van der Waals surface area contributed by atoms with Crippen LogP contribution in [0, 0.1) is 0 Å². The van der Waals surface area contributed by atoms with Crippen LogP contribution in [-0.2, 0) is 13.1 Å². The largest absolute Gasteiger partial charge is 0.463 e. The Labute approximate surface area is 128 Å². The molecule has 0 spiro atoms. The third-order valence-corrected chi connectivity index (χ3v) is 5.01. The van der Waals surface area contributed by atoms with Crippen molar-refractivity contribution in [3.8, 4) is 0 Å².